The summed E-state index contributed by atoms with van der Waals surface area (Å²) in [5, 5.41) is 3.42. The normalized spacial score (nSPS) is 20.0. The third-order valence-electron chi connectivity index (χ3n) is 5.68. The molecule has 0 unspecified atom stereocenters. The Morgan fingerprint density at radius 1 is 1.00 bits per heavy atom. The smallest absolute Gasteiger partial charge is 0.240 e. The number of hydrogen-bond donors (Lipinski definition) is 1. The van der Waals surface area contributed by atoms with Gasteiger partial charge in [-0.1, -0.05) is 43.3 Å². The number of carbonyl (C=O) groups is 1. The lowest BCUT2D eigenvalue weighted by Gasteiger charge is -2.38. The van der Waals surface area contributed by atoms with E-state index in [-0.39, 0.29) is 11.9 Å². The highest BCUT2D eigenvalue weighted by molar-refractivity contribution is 5.83. The highest BCUT2D eigenvalue weighted by Crippen LogP contribution is 2.20. The van der Waals surface area contributed by atoms with E-state index in [1.165, 1.54) is 22.4 Å². The maximum atomic E-state index is 12.9. The Labute approximate surface area is 155 Å². The van der Waals surface area contributed by atoms with Crippen LogP contribution in [0.5, 0.6) is 0 Å². The lowest BCUT2D eigenvalue weighted by Crippen LogP contribution is -2.55. The molecule has 0 bridgehead atoms. The molecule has 0 aromatic heterocycles. The van der Waals surface area contributed by atoms with Gasteiger partial charge in [0.1, 0.15) is 0 Å². The predicted octanol–water partition coefficient (Wildman–Crippen LogP) is 2.61. The van der Waals surface area contributed by atoms with Crippen LogP contribution in [0.4, 0.5) is 5.69 Å². The summed E-state index contributed by atoms with van der Waals surface area (Å²) >= 11 is 0. The number of aryl methyl sites for hydroxylation is 1. The molecule has 26 heavy (non-hydrogen) atoms. The molecule has 4 nitrogen and oxygen atoms in total. The van der Waals surface area contributed by atoms with E-state index in [1.54, 1.807) is 0 Å². The van der Waals surface area contributed by atoms with Crippen LogP contribution in [0.3, 0.4) is 0 Å². The van der Waals surface area contributed by atoms with Crippen molar-refractivity contribution in [3.63, 3.8) is 0 Å². The van der Waals surface area contributed by atoms with Crippen LogP contribution in [0, 0.1) is 0 Å². The molecule has 1 atom stereocenters. The molecule has 4 rings (SSSR count). The van der Waals surface area contributed by atoms with Crippen molar-refractivity contribution in [1.29, 1.82) is 0 Å². The number of rotatable bonds is 3. The zero-order chi connectivity index (χ0) is 17.9. The van der Waals surface area contributed by atoms with Crippen molar-refractivity contribution in [2.45, 2.75) is 32.4 Å². The van der Waals surface area contributed by atoms with Crippen LogP contribution in [0.25, 0.3) is 0 Å². The number of piperazine rings is 1. The van der Waals surface area contributed by atoms with Gasteiger partial charge in [-0.15, -0.1) is 0 Å². The predicted molar refractivity (Wildman–Crippen MR) is 105 cm³/mol. The Bertz CT molecular complexity index is 763. The molecule has 1 amide bonds. The number of hydrogen-bond acceptors (Lipinski definition) is 3. The summed E-state index contributed by atoms with van der Waals surface area (Å²) in [6, 6.07) is 17.2. The molecule has 2 heterocycles. The second-order valence-electron chi connectivity index (χ2n) is 7.24. The van der Waals surface area contributed by atoms with Gasteiger partial charge in [-0.05, 0) is 41.7 Å². The summed E-state index contributed by atoms with van der Waals surface area (Å²) in [6.07, 6.45) is 1.87. The van der Waals surface area contributed by atoms with Gasteiger partial charge in [0.15, 0.2) is 0 Å². The van der Waals surface area contributed by atoms with Crippen molar-refractivity contribution in [1.82, 2.24) is 10.2 Å². The molecule has 2 aliphatic heterocycles. The zero-order valence-corrected chi connectivity index (χ0v) is 15.4. The van der Waals surface area contributed by atoms with Gasteiger partial charge >= 0.3 is 0 Å². The lowest BCUT2D eigenvalue weighted by atomic mass is 9.95. The summed E-state index contributed by atoms with van der Waals surface area (Å²) in [5.74, 6) is 0.250. The fourth-order valence-corrected chi connectivity index (χ4v) is 3.98. The standard InChI is InChI=1S/C22H27N3O/c1-2-17-7-9-20(10-8-17)24-11-13-25(14-12-24)22(26)21-15-18-5-3-4-6-19(18)16-23-21/h3-10,21,23H,2,11-16H2,1H3/t21-/m1/s1. The first-order valence-electron chi connectivity index (χ1n) is 9.67. The van der Waals surface area contributed by atoms with Gasteiger partial charge in [-0.2, -0.15) is 0 Å². The molecular formula is C22H27N3O. The van der Waals surface area contributed by atoms with Crippen molar-refractivity contribution in [2.75, 3.05) is 31.1 Å². The SMILES string of the molecule is CCc1ccc(N2CCN(C(=O)[C@H]3Cc4ccccc4CN3)CC2)cc1. The van der Waals surface area contributed by atoms with Gasteiger partial charge in [0.05, 0.1) is 6.04 Å². The number of benzene rings is 2. The first kappa shape index (κ1) is 17.1. The molecule has 1 fully saturated rings. The van der Waals surface area contributed by atoms with Crippen LogP contribution in [-0.2, 0) is 24.2 Å². The molecule has 2 aliphatic rings. The van der Waals surface area contributed by atoms with E-state index < -0.39 is 0 Å². The topological polar surface area (TPSA) is 35.6 Å². The Hall–Kier alpha value is -2.33. The van der Waals surface area contributed by atoms with E-state index in [9.17, 15) is 4.79 Å². The molecule has 0 saturated carbocycles. The summed E-state index contributed by atoms with van der Waals surface area (Å²) in [4.78, 5) is 17.3. The number of anilines is 1. The maximum Gasteiger partial charge on any atom is 0.240 e. The third-order valence-corrected chi connectivity index (χ3v) is 5.68. The Kier molecular flexibility index (Phi) is 4.93. The summed E-state index contributed by atoms with van der Waals surface area (Å²) < 4.78 is 0. The Balaban J connectivity index is 1.35. The fourth-order valence-electron chi connectivity index (χ4n) is 3.98. The van der Waals surface area contributed by atoms with Gasteiger partial charge in [0.2, 0.25) is 5.91 Å². The maximum absolute atomic E-state index is 12.9. The summed E-state index contributed by atoms with van der Waals surface area (Å²) in [5.41, 5.74) is 5.25. The van der Waals surface area contributed by atoms with Crippen LogP contribution >= 0.6 is 0 Å². The number of carbonyl (C=O) groups excluding carboxylic acids is 1. The molecule has 4 heteroatoms. The van der Waals surface area contributed by atoms with Crippen LogP contribution in [0.2, 0.25) is 0 Å². The van der Waals surface area contributed by atoms with Crippen LogP contribution in [0.1, 0.15) is 23.6 Å². The highest BCUT2D eigenvalue weighted by Gasteiger charge is 2.29. The molecule has 2 aromatic carbocycles. The Morgan fingerprint density at radius 3 is 2.38 bits per heavy atom. The molecule has 0 radical (unpaired) electrons. The van der Waals surface area contributed by atoms with E-state index in [0.29, 0.717) is 0 Å². The molecule has 1 saturated heterocycles. The fraction of sp³-hybridized carbons (Fsp3) is 0.409. The average Bonchev–Trinajstić information content (AvgIpc) is 2.73. The van der Waals surface area contributed by atoms with E-state index in [1.807, 2.05) is 4.90 Å². The second-order valence-corrected chi connectivity index (χ2v) is 7.24. The van der Waals surface area contributed by atoms with Gasteiger partial charge in [0.25, 0.3) is 0 Å². The van der Waals surface area contributed by atoms with Gasteiger partial charge < -0.3 is 15.1 Å². The zero-order valence-electron chi connectivity index (χ0n) is 15.4. The minimum atomic E-state index is -0.0831. The average molecular weight is 349 g/mol. The lowest BCUT2D eigenvalue weighted by molar-refractivity contribution is -0.134. The highest BCUT2D eigenvalue weighted by atomic mass is 16.2. The Morgan fingerprint density at radius 2 is 1.69 bits per heavy atom. The third kappa shape index (κ3) is 3.47. The second kappa shape index (κ2) is 7.50. The van der Waals surface area contributed by atoms with Crippen molar-refractivity contribution < 1.29 is 4.79 Å². The first-order chi connectivity index (χ1) is 12.7. The van der Waals surface area contributed by atoms with Crippen molar-refractivity contribution in [3.8, 4) is 0 Å². The van der Waals surface area contributed by atoms with E-state index >= 15 is 0 Å². The molecule has 136 valence electrons. The number of amides is 1. The molecule has 1 N–H and O–H groups in total. The van der Waals surface area contributed by atoms with Crippen molar-refractivity contribution >= 4 is 11.6 Å². The number of fused-ring (bicyclic) bond motifs is 1. The van der Waals surface area contributed by atoms with E-state index in [2.05, 4.69) is 65.7 Å². The van der Waals surface area contributed by atoms with E-state index in [4.69, 9.17) is 0 Å². The first-order valence-corrected chi connectivity index (χ1v) is 9.67. The largest absolute Gasteiger partial charge is 0.368 e. The van der Waals surface area contributed by atoms with Gasteiger partial charge in [0, 0.05) is 38.4 Å². The molecule has 0 aliphatic carbocycles. The monoisotopic (exact) mass is 349 g/mol. The minimum absolute atomic E-state index is 0.0831. The number of nitrogens with zero attached hydrogens (tertiary/aromatic N) is 2. The number of nitrogens with one attached hydrogen (secondary N) is 1. The van der Waals surface area contributed by atoms with Gasteiger partial charge in [-0.3, -0.25) is 4.79 Å². The van der Waals surface area contributed by atoms with Crippen LogP contribution < -0.4 is 10.2 Å². The van der Waals surface area contributed by atoms with Crippen LogP contribution in [-0.4, -0.2) is 43.0 Å². The van der Waals surface area contributed by atoms with Gasteiger partial charge in [-0.25, -0.2) is 0 Å². The molecule has 2 aromatic rings. The van der Waals surface area contributed by atoms with Crippen LogP contribution in [0.15, 0.2) is 48.5 Å². The van der Waals surface area contributed by atoms with E-state index in [0.717, 1.165) is 45.6 Å². The van der Waals surface area contributed by atoms with Crippen molar-refractivity contribution in [2.24, 2.45) is 0 Å². The molecule has 0 spiro atoms. The minimum Gasteiger partial charge on any atom is -0.368 e. The summed E-state index contributed by atoms with van der Waals surface area (Å²) in [7, 11) is 0. The quantitative estimate of drug-likeness (QED) is 0.925. The molecular weight excluding hydrogens is 322 g/mol. The summed E-state index contributed by atoms with van der Waals surface area (Å²) in [6.45, 7) is 6.37. The van der Waals surface area contributed by atoms with Crippen molar-refractivity contribution in [3.05, 3.63) is 65.2 Å².